The summed E-state index contributed by atoms with van der Waals surface area (Å²) in [6.45, 7) is 10.7. The van der Waals surface area contributed by atoms with Gasteiger partial charge in [0.15, 0.2) is 5.58 Å². The third-order valence-electron chi connectivity index (χ3n) is 3.62. The molecule has 1 aliphatic rings. The average molecular weight is 275 g/mol. The van der Waals surface area contributed by atoms with Crippen LogP contribution in [0.4, 0.5) is 5.69 Å². The molecule has 0 aliphatic carbocycles. The number of aromatic nitrogens is 1. The standard InChI is InChI=1S/C15H21N3O2/c1-14(2)8-18(9-15(3,4)17-14)10-5-6-12-11(7-10)16-13(19)20-12/h5-7,17H,8-9H2,1-4H3,(H,16,19). The van der Waals surface area contributed by atoms with E-state index in [0.717, 1.165) is 24.3 Å². The summed E-state index contributed by atoms with van der Waals surface area (Å²) in [4.78, 5) is 16.3. The summed E-state index contributed by atoms with van der Waals surface area (Å²) in [6, 6.07) is 5.85. The molecule has 0 amide bonds. The van der Waals surface area contributed by atoms with Crippen LogP contribution < -0.4 is 16.0 Å². The minimum Gasteiger partial charge on any atom is -0.408 e. The van der Waals surface area contributed by atoms with E-state index in [1.807, 2.05) is 18.2 Å². The predicted octanol–water partition coefficient (Wildman–Crippen LogP) is 2.09. The molecule has 1 aliphatic heterocycles. The minimum absolute atomic E-state index is 0.0422. The molecule has 1 aromatic heterocycles. The van der Waals surface area contributed by atoms with E-state index in [1.54, 1.807) is 0 Å². The highest BCUT2D eigenvalue weighted by molar-refractivity contribution is 5.77. The van der Waals surface area contributed by atoms with E-state index in [9.17, 15) is 4.79 Å². The second-order valence-electron chi connectivity index (χ2n) is 6.94. The zero-order valence-corrected chi connectivity index (χ0v) is 12.4. The topological polar surface area (TPSA) is 61.3 Å². The molecule has 0 radical (unpaired) electrons. The van der Waals surface area contributed by atoms with Crippen molar-refractivity contribution in [3.05, 3.63) is 28.7 Å². The van der Waals surface area contributed by atoms with Crippen molar-refractivity contribution in [1.82, 2.24) is 10.3 Å². The Morgan fingerprint density at radius 3 is 2.45 bits per heavy atom. The van der Waals surface area contributed by atoms with E-state index in [4.69, 9.17) is 4.42 Å². The first-order valence-electron chi connectivity index (χ1n) is 6.91. The molecule has 0 spiro atoms. The number of H-pyrrole nitrogens is 1. The lowest BCUT2D eigenvalue weighted by Crippen LogP contribution is -2.66. The SMILES string of the molecule is CC1(C)CN(c2ccc3oc(=O)[nH]c3c2)CC(C)(C)N1. The molecule has 1 aromatic carbocycles. The van der Waals surface area contributed by atoms with E-state index >= 15 is 0 Å². The summed E-state index contributed by atoms with van der Waals surface area (Å²) in [5, 5.41) is 3.65. The maximum absolute atomic E-state index is 11.2. The van der Waals surface area contributed by atoms with Crippen molar-refractivity contribution in [3.8, 4) is 0 Å². The maximum atomic E-state index is 11.2. The Kier molecular flexibility index (Phi) is 2.73. The van der Waals surface area contributed by atoms with Crippen molar-refractivity contribution in [1.29, 1.82) is 0 Å². The fraction of sp³-hybridized carbons (Fsp3) is 0.533. The summed E-state index contributed by atoms with van der Waals surface area (Å²) < 4.78 is 5.05. The molecular weight excluding hydrogens is 254 g/mol. The number of anilines is 1. The van der Waals surface area contributed by atoms with Crippen LogP contribution in [0.5, 0.6) is 0 Å². The van der Waals surface area contributed by atoms with Gasteiger partial charge in [0.1, 0.15) is 0 Å². The van der Waals surface area contributed by atoms with Crippen LogP contribution in [0.25, 0.3) is 11.1 Å². The summed E-state index contributed by atoms with van der Waals surface area (Å²) >= 11 is 0. The fourth-order valence-electron chi connectivity index (χ4n) is 3.32. The van der Waals surface area contributed by atoms with Crippen molar-refractivity contribution < 1.29 is 4.42 Å². The number of benzene rings is 1. The molecule has 0 saturated carbocycles. The van der Waals surface area contributed by atoms with E-state index < -0.39 is 5.76 Å². The van der Waals surface area contributed by atoms with Crippen LogP contribution in [-0.4, -0.2) is 29.2 Å². The molecule has 2 aromatic rings. The summed E-state index contributed by atoms with van der Waals surface area (Å²) in [7, 11) is 0. The summed E-state index contributed by atoms with van der Waals surface area (Å²) in [6.07, 6.45) is 0. The van der Waals surface area contributed by atoms with Crippen molar-refractivity contribution in [2.24, 2.45) is 0 Å². The van der Waals surface area contributed by atoms with Gasteiger partial charge in [-0.1, -0.05) is 0 Å². The third-order valence-corrected chi connectivity index (χ3v) is 3.62. The fourth-order valence-corrected chi connectivity index (χ4v) is 3.32. The van der Waals surface area contributed by atoms with Crippen molar-refractivity contribution in [3.63, 3.8) is 0 Å². The highest BCUT2D eigenvalue weighted by atomic mass is 16.4. The second kappa shape index (κ2) is 4.12. The van der Waals surface area contributed by atoms with E-state index in [0.29, 0.717) is 5.58 Å². The van der Waals surface area contributed by atoms with Crippen LogP contribution in [0.2, 0.25) is 0 Å². The van der Waals surface area contributed by atoms with Crippen LogP contribution >= 0.6 is 0 Å². The zero-order valence-electron chi connectivity index (χ0n) is 12.4. The van der Waals surface area contributed by atoms with Gasteiger partial charge in [0.05, 0.1) is 5.52 Å². The summed E-state index contributed by atoms with van der Waals surface area (Å²) in [5.41, 5.74) is 2.55. The van der Waals surface area contributed by atoms with Gasteiger partial charge in [-0.3, -0.25) is 4.98 Å². The lowest BCUT2D eigenvalue weighted by Gasteiger charge is -2.49. The Hall–Kier alpha value is -1.75. The first-order chi connectivity index (χ1) is 9.24. The number of hydrogen-bond acceptors (Lipinski definition) is 4. The number of fused-ring (bicyclic) bond motifs is 1. The summed E-state index contributed by atoms with van der Waals surface area (Å²) in [5.74, 6) is -0.405. The van der Waals surface area contributed by atoms with Crippen LogP contribution in [-0.2, 0) is 0 Å². The highest BCUT2D eigenvalue weighted by Crippen LogP contribution is 2.27. The molecule has 1 fully saturated rings. The van der Waals surface area contributed by atoms with Gasteiger partial charge >= 0.3 is 5.76 Å². The number of oxazole rings is 1. The molecule has 0 atom stereocenters. The third kappa shape index (κ3) is 2.45. The Bertz CT molecular complexity index is 680. The normalized spacial score (nSPS) is 21.3. The first-order valence-corrected chi connectivity index (χ1v) is 6.91. The first kappa shape index (κ1) is 13.2. The Labute approximate surface area is 118 Å². The number of rotatable bonds is 1. The van der Waals surface area contributed by atoms with Gasteiger partial charge in [-0.05, 0) is 45.9 Å². The number of aromatic amines is 1. The molecule has 3 rings (SSSR count). The highest BCUT2D eigenvalue weighted by Gasteiger charge is 2.36. The van der Waals surface area contributed by atoms with Gasteiger partial charge in [0, 0.05) is 29.9 Å². The lowest BCUT2D eigenvalue weighted by atomic mass is 9.91. The molecular formula is C15H21N3O2. The smallest absolute Gasteiger partial charge is 0.408 e. The lowest BCUT2D eigenvalue weighted by molar-refractivity contribution is 0.226. The molecule has 2 heterocycles. The van der Waals surface area contributed by atoms with Crippen LogP contribution in [0.1, 0.15) is 27.7 Å². The van der Waals surface area contributed by atoms with Crippen molar-refractivity contribution in [2.75, 3.05) is 18.0 Å². The number of nitrogens with zero attached hydrogens (tertiary/aromatic N) is 1. The van der Waals surface area contributed by atoms with Gasteiger partial charge < -0.3 is 14.6 Å². The monoisotopic (exact) mass is 275 g/mol. The van der Waals surface area contributed by atoms with Gasteiger partial charge in [-0.25, -0.2) is 4.79 Å². The van der Waals surface area contributed by atoms with Crippen LogP contribution in [0.15, 0.2) is 27.4 Å². The Morgan fingerprint density at radius 1 is 1.15 bits per heavy atom. The molecule has 2 N–H and O–H groups in total. The minimum atomic E-state index is -0.405. The van der Waals surface area contributed by atoms with Gasteiger partial charge in [-0.15, -0.1) is 0 Å². The second-order valence-corrected chi connectivity index (χ2v) is 6.94. The molecule has 5 heteroatoms. The van der Waals surface area contributed by atoms with Gasteiger partial charge in [0.2, 0.25) is 0 Å². The maximum Gasteiger partial charge on any atom is 0.417 e. The van der Waals surface area contributed by atoms with E-state index in [-0.39, 0.29) is 11.1 Å². The molecule has 0 unspecified atom stereocenters. The van der Waals surface area contributed by atoms with Gasteiger partial charge in [-0.2, -0.15) is 0 Å². The largest absolute Gasteiger partial charge is 0.417 e. The molecule has 20 heavy (non-hydrogen) atoms. The van der Waals surface area contributed by atoms with Crippen LogP contribution in [0.3, 0.4) is 0 Å². The quantitative estimate of drug-likeness (QED) is 0.836. The predicted molar refractivity (Wildman–Crippen MR) is 80.3 cm³/mol. The Balaban J connectivity index is 1.99. The average Bonchev–Trinajstić information content (AvgIpc) is 2.63. The number of nitrogens with one attached hydrogen (secondary N) is 2. The van der Waals surface area contributed by atoms with E-state index in [2.05, 4.69) is 42.9 Å². The number of hydrogen-bond donors (Lipinski definition) is 2. The molecule has 1 saturated heterocycles. The van der Waals surface area contributed by atoms with E-state index in [1.165, 1.54) is 0 Å². The molecule has 5 nitrogen and oxygen atoms in total. The van der Waals surface area contributed by atoms with Crippen molar-refractivity contribution in [2.45, 2.75) is 38.8 Å². The van der Waals surface area contributed by atoms with Gasteiger partial charge in [0.25, 0.3) is 0 Å². The Morgan fingerprint density at radius 2 is 1.80 bits per heavy atom. The van der Waals surface area contributed by atoms with Crippen LogP contribution in [0, 0.1) is 0 Å². The van der Waals surface area contributed by atoms with Crippen molar-refractivity contribution >= 4 is 16.8 Å². The number of piperazine rings is 1. The molecule has 108 valence electrons. The molecule has 0 bridgehead atoms. The zero-order chi connectivity index (χ0) is 14.5.